The fourth-order valence-corrected chi connectivity index (χ4v) is 1.83. The average molecular weight is 284 g/mol. The number of ether oxygens (including phenoxy) is 1. The second-order valence-electron chi connectivity index (χ2n) is 3.81. The number of rotatable bonds is 3. The van der Waals surface area contributed by atoms with Gasteiger partial charge in [-0.15, -0.1) is 0 Å². The number of halogens is 2. The van der Waals surface area contributed by atoms with Gasteiger partial charge in [-0.1, -0.05) is 22.8 Å². The summed E-state index contributed by atoms with van der Waals surface area (Å²) in [7, 11) is 0. The van der Waals surface area contributed by atoms with E-state index in [1.165, 1.54) is 12.1 Å². The average Bonchev–Trinajstić information content (AvgIpc) is 2.75. The molecule has 0 fully saturated rings. The Morgan fingerprint density at radius 3 is 2.95 bits per heavy atom. The molecule has 1 heterocycles. The molecule has 2 aromatic rings. The van der Waals surface area contributed by atoms with Gasteiger partial charge in [0, 0.05) is 5.56 Å². The van der Waals surface area contributed by atoms with Crippen molar-refractivity contribution in [1.82, 2.24) is 5.16 Å². The highest BCUT2D eigenvalue weighted by atomic mass is 35.5. The summed E-state index contributed by atoms with van der Waals surface area (Å²) >= 11 is 5.71. The van der Waals surface area contributed by atoms with E-state index in [1.54, 1.807) is 19.9 Å². The maximum atomic E-state index is 13.9. The summed E-state index contributed by atoms with van der Waals surface area (Å²) in [5.41, 5.74) is 0.615. The Bertz CT molecular complexity index is 624. The predicted molar refractivity (Wildman–Crippen MR) is 67.6 cm³/mol. The summed E-state index contributed by atoms with van der Waals surface area (Å²) < 4.78 is 23.8. The monoisotopic (exact) mass is 283 g/mol. The van der Waals surface area contributed by atoms with Crippen LogP contribution in [0.3, 0.4) is 0 Å². The Labute approximate surface area is 114 Å². The fraction of sp³-hybridized carbons (Fsp3) is 0.231. The van der Waals surface area contributed by atoms with Crippen LogP contribution in [-0.4, -0.2) is 17.7 Å². The van der Waals surface area contributed by atoms with Gasteiger partial charge in [-0.05, 0) is 26.0 Å². The van der Waals surface area contributed by atoms with Crippen LogP contribution in [0, 0.1) is 12.7 Å². The molecule has 6 heteroatoms. The first-order chi connectivity index (χ1) is 9.06. The van der Waals surface area contributed by atoms with Crippen LogP contribution in [0.15, 0.2) is 22.7 Å². The van der Waals surface area contributed by atoms with E-state index in [2.05, 4.69) is 5.16 Å². The van der Waals surface area contributed by atoms with Crippen LogP contribution in [0.2, 0.25) is 5.02 Å². The molecule has 0 unspecified atom stereocenters. The van der Waals surface area contributed by atoms with E-state index in [0.29, 0.717) is 5.56 Å². The lowest BCUT2D eigenvalue weighted by Crippen LogP contribution is -2.06. The standard InChI is InChI=1S/C13H11ClFNO3/c1-3-18-13(17)11-7(2)12(19-16-11)8-5-4-6-9(14)10(8)15/h4-6H,3H2,1-2H3. The van der Waals surface area contributed by atoms with E-state index in [-0.39, 0.29) is 28.6 Å². The number of hydrogen-bond acceptors (Lipinski definition) is 4. The molecule has 0 saturated heterocycles. The molecular weight excluding hydrogens is 273 g/mol. The highest BCUT2D eigenvalue weighted by Crippen LogP contribution is 2.31. The van der Waals surface area contributed by atoms with Gasteiger partial charge >= 0.3 is 5.97 Å². The number of esters is 1. The first-order valence-corrected chi connectivity index (χ1v) is 6.01. The van der Waals surface area contributed by atoms with Crippen molar-refractivity contribution in [3.8, 4) is 11.3 Å². The van der Waals surface area contributed by atoms with Gasteiger partial charge in [0.05, 0.1) is 17.2 Å². The molecule has 19 heavy (non-hydrogen) atoms. The van der Waals surface area contributed by atoms with E-state index in [1.807, 2.05) is 0 Å². The number of carbonyl (C=O) groups is 1. The first-order valence-electron chi connectivity index (χ1n) is 5.64. The summed E-state index contributed by atoms with van der Waals surface area (Å²) in [6.45, 7) is 3.52. The van der Waals surface area contributed by atoms with Crippen LogP contribution in [0.1, 0.15) is 23.0 Å². The molecule has 0 amide bonds. The second kappa shape index (κ2) is 5.40. The molecule has 0 saturated carbocycles. The molecule has 0 bridgehead atoms. The molecule has 1 aromatic carbocycles. The Hall–Kier alpha value is -1.88. The Balaban J connectivity index is 2.48. The van der Waals surface area contributed by atoms with E-state index < -0.39 is 11.8 Å². The van der Waals surface area contributed by atoms with Crippen molar-refractivity contribution < 1.29 is 18.4 Å². The van der Waals surface area contributed by atoms with Crippen LogP contribution in [-0.2, 0) is 4.74 Å². The quantitative estimate of drug-likeness (QED) is 0.807. The zero-order valence-corrected chi connectivity index (χ0v) is 11.1. The van der Waals surface area contributed by atoms with Crippen molar-refractivity contribution in [3.63, 3.8) is 0 Å². The van der Waals surface area contributed by atoms with Crippen LogP contribution < -0.4 is 0 Å². The molecule has 0 aliphatic heterocycles. The molecule has 2 rings (SSSR count). The van der Waals surface area contributed by atoms with Crippen molar-refractivity contribution in [3.05, 3.63) is 40.3 Å². The van der Waals surface area contributed by atoms with E-state index >= 15 is 0 Å². The van der Waals surface area contributed by atoms with Crippen molar-refractivity contribution in [2.75, 3.05) is 6.61 Å². The summed E-state index contributed by atoms with van der Waals surface area (Å²) in [6, 6.07) is 4.52. The summed E-state index contributed by atoms with van der Waals surface area (Å²) in [6.07, 6.45) is 0. The van der Waals surface area contributed by atoms with Gasteiger partial charge in [-0.25, -0.2) is 9.18 Å². The SMILES string of the molecule is CCOC(=O)c1noc(-c2cccc(Cl)c2F)c1C. The Kier molecular flexibility index (Phi) is 3.85. The molecule has 4 nitrogen and oxygen atoms in total. The van der Waals surface area contributed by atoms with E-state index in [0.717, 1.165) is 0 Å². The third-order valence-electron chi connectivity index (χ3n) is 2.59. The molecule has 0 aliphatic carbocycles. The lowest BCUT2D eigenvalue weighted by molar-refractivity contribution is 0.0514. The van der Waals surface area contributed by atoms with Crippen LogP contribution >= 0.6 is 11.6 Å². The van der Waals surface area contributed by atoms with Crippen molar-refractivity contribution in [2.24, 2.45) is 0 Å². The molecule has 0 spiro atoms. The summed E-state index contributed by atoms with van der Waals surface area (Å²) in [5, 5.41) is 3.60. The Morgan fingerprint density at radius 2 is 2.26 bits per heavy atom. The molecule has 100 valence electrons. The molecule has 0 aliphatic rings. The zero-order valence-electron chi connectivity index (χ0n) is 10.4. The van der Waals surface area contributed by atoms with Crippen LogP contribution in [0.25, 0.3) is 11.3 Å². The number of aromatic nitrogens is 1. The topological polar surface area (TPSA) is 52.3 Å². The molecule has 0 radical (unpaired) electrons. The number of benzene rings is 1. The Morgan fingerprint density at radius 1 is 1.53 bits per heavy atom. The normalized spacial score (nSPS) is 10.5. The number of hydrogen-bond donors (Lipinski definition) is 0. The van der Waals surface area contributed by atoms with Crippen LogP contribution in [0.4, 0.5) is 4.39 Å². The minimum atomic E-state index is -0.612. The highest BCUT2D eigenvalue weighted by Gasteiger charge is 2.23. The highest BCUT2D eigenvalue weighted by molar-refractivity contribution is 6.31. The fourth-order valence-electron chi connectivity index (χ4n) is 1.66. The van der Waals surface area contributed by atoms with Crippen molar-refractivity contribution in [1.29, 1.82) is 0 Å². The smallest absolute Gasteiger partial charge is 0.360 e. The van der Waals surface area contributed by atoms with Gasteiger partial charge in [0.1, 0.15) is 0 Å². The molecule has 0 atom stereocenters. The molecule has 0 N–H and O–H groups in total. The maximum absolute atomic E-state index is 13.9. The lowest BCUT2D eigenvalue weighted by Gasteiger charge is -2.01. The van der Waals surface area contributed by atoms with Gasteiger partial charge in [0.15, 0.2) is 17.3 Å². The van der Waals surface area contributed by atoms with E-state index in [4.69, 9.17) is 20.9 Å². The third-order valence-corrected chi connectivity index (χ3v) is 2.88. The molecular formula is C13H11ClFNO3. The van der Waals surface area contributed by atoms with Gasteiger partial charge in [-0.2, -0.15) is 0 Å². The minimum Gasteiger partial charge on any atom is -0.461 e. The van der Waals surface area contributed by atoms with Gasteiger partial charge in [-0.3, -0.25) is 0 Å². The second-order valence-corrected chi connectivity index (χ2v) is 4.21. The van der Waals surface area contributed by atoms with Crippen LogP contribution in [0.5, 0.6) is 0 Å². The number of carbonyl (C=O) groups excluding carboxylic acids is 1. The van der Waals surface area contributed by atoms with Crippen molar-refractivity contribution >= 4 is 17.6 Å². The van der Waals surface area contributed by atoms with Gasteiger partial charge in [0.2, 0.25) is 0 Å². The van der Waals surface area contributed by atoms with Gasteiger partial charge in [0.25, 0.3) is 0 Å². The van der Waals surface area contributed by atoms with Crippen molar-refractivity contribution in [2.45, 2.75) is 13.8 Å². The first kappa shape index (κ1) is 13.5. The number of nitrogens with zero attached hydrogens (tertiary/aromatic N) is 1. The largest absolute Gasteiger partial charge is 0.461 e. The third kappa shape index (κ3) is 2.46. The van der Waals surface area contributed by atoms with Gasteiger partial charge < -0.3 is 9.26 Å². The molecule has 1 aromatic heterocycles. The maximum Gasteiger partial charge on any atom is 0.360 e. The summed E-state index contributed by atoms with van der Waals surface area (Å²) in [4.78, 5) is 11.6. The van der Waals surface area contributed by atoms with E-state index in [9.17, 15) is 9.18 Å². The minimum absolute atomic E-state index is 0.0222. The lowest BCUT2D eigenvalue weighted by atomic mass is 10.1. The zero-order chi connectivity index (χ0) is 14.0. The predicted octanol–water partition coefficient (Wildman–Crippen LogP) is 3.62. The summed E-state index contributed by atoms with van der Waals surface area (Å²) in [5.74, 6) is -1.04.